The number of H-pyrrole nitrogens is 1. The van der Waals surface area contributed by atoms with Gasteiger partial charge < -0.3 is 4.98 Å². The molecule has 3 rings (SSSR count). The van der Waals surface area contributed by atoms with E-state index in [1.165, 1.54) is 4.88 Å². The van der Waals surface area contributed by atoms with Gasteiger partial charge in [-0.2, -0.15) is 0 Å². The third kappa shape index (κ3) is 2.94. The monoisotopic (exact) mass is 408 g/mol. The quantitative estimate of drug-likeness (QED) is 0.656. The predicted molar refractivity (Wildman–Crippen MR) is 95.7 cm³/mol. The lowest BCUT2D eigenvalue weighted by molar-refractivity contribution is 1.12. The predicted octanol–water partition coefficient (Wildman–Crippen LogP) is 4.33. The average Bonchev–Trinajstić information content (AvgIpc) is 3.00. The Labute approximate surface area is 140 Å². The van der Waals surface area contributed by atoms with Crippen molar-refractivity contribution in [3.63, 3.8) is 0 Å². The van der Waals surface area contributed by atoms with E-state index >= 15 is 0 Å². The van der Waals surface area contributed by atoms with Crippen molar-refractivity contribution >= 4 is 33.9 Å². The van der Waals surface area contributed by atoms with E-state index in [9.17, 15) is 4.79 Å². The smallest absolute Gasteiger partial charge is 0.265 e. The molecule has 1 aromatic carbocycles. The molecule has 0 aliphatic rings. The third-order valence-electron chi connectivity index (χ3n) is 3.15. The minimum atomic E-state index is -0.0918. The molecule has 5 heteroatoms. The van der Waals surface area contributed by atoms with Crippen molar-refractivity contribution < 1.29 is 0 Å². The van der Waals surface area contributed by atoms with E-state index in [-0.39, 0.29) is 5.56 Å². The molecule has 0 aliphatic heterocycles. The summed E-state index contributed by atoms with van der Waals surface area (Å²) < 4.78 is 0.620. The molecule has 3 aromatic rings. The van der Waals surface area contributed by atoms with Crippen LogP contribution in [0.3, 0.4) is 0 Å². The molecule has 3 nitrogen and oxygen atoms in total. The highest BCUT2D eigenvalue weighted by atomic mass is 127. The Hall–Kier alpha value is -1.47. The molecule has 0 atom stereocenters. The van der Waals surface area contributed by atoms with Gasteiger partial charge in [0, 0.05) is 10.4 Å². The van der Waals surface area contributed by atoms with Crippen molar-refractivity contribution in [1.82, 2.24) is 9.97 Å². The van der Waals surface area contributed by atoms with Gasteiger partial charge in [-0.1, -0.05) is 37.3 Å². The number of nitrogens with zero attached hydrogens (tertiary/aromatic N) is 1. The van der Waals surface area contributed by atoms with Gasteiger partial charge in [-0.25, -0.2) is 4.98 Å². The van der Waals surface area contributed by atoms with Crippen LogP contribution in [0, 0.1) is 3.57 Å². The fourth-order valence-corrected chi connectivity index (χ4v) is 3.52. The van der Waals surface area contributed by atoms with Crippen molar-refractivity contribution in [3.05, 3.63) is 61.3 Å². The molecule has 106 valence electrons. The largest absolute Gasteiger partial charge is 0.305 e. The standard InChI is InChI=1S/C16H13IN2OS/c1-2-11-8-9-12(21-11)15-18-14(13(17)16(20)19-15)10-6-4-3-5-7-10/h3-9H,2H2,1H3,(H,18,19,20). The summed E-state index contributed by atoms with van der Waals surface area (Å²) in [7, 11) is 0. The molecule has 0 saturated heterocycles. The van der Waals surface area contributed by atoms with Crippen molar-refractivity contribution in [3.8, 4) is 22.0 Å². The van der Waals surface area contributed by atoms with Gasteiger partial charge in [-0.05, 0) is 41.1 Å². The minimum absolute atomic E-state index is 0.0918. The zero-order valence-corrected chi connectivity index (χ0v) is 14.4. The van der Waals surface area contributed by atoms with Crippen LogP contribution >= 0.6 is 33.9 Å². The zero-order chi connectivity index (χ0) is 14.8. The van der Waals surface area contributed by atoms with Crippen molar-refractivity contribution in [2.45, 2.75) is 13.3 Å². The minimum Gasteiger partial charge on any atom is -0.305 e. The fourth-order valence-electron chi connectivity index (χ4n) is 2.06. The van der Waals surface area contributed by atoms with E-state index in [1.54, 1.807) is 11.3 Å². The molecule has 0 aliphatic carbocycles. The number of aryl methyl sites for hydroxylation is 1. The molecule has 0 spiro atoms. The van der Waals surface area contributed by atoms with Crippen LogP contribution in [-0.4, -0.2) is 9.97 Å². The van der Waals surface area contributed by atoms with Crippen LogP contribution in [0.25, 0.3) is 22.0 Å². The van der Waals surface area contributed by atoms with Crippen molar-refractivity contribution in [1.29, 1.82) is 0 Å². The van der Waals surface area contributed by atoms with Crippen LogP contribution in [0.15, 0.2) is 47.3 Å². The van der Waals surface area contributed by atoms with Crippen LogP contribution in [-0.2, 0) is 6.42 Å². The number of thiophene rings is 1. The molecule has 0 amide bonds. The van der Waals surface area contributed by atoms with Crippen molar-refractivity contribution in [2.75, 3.05) is 0 Å². The lowest BCUT2D eigenvalue weighted by Crippen LogP contribution is -2.14. The summed E-state index contributed by atoms with van der Waals surface area (Å²) in [5, 5.41) is 0. The molecule has 1 N–H and O–H groups in total. The van der Waals surface area contributed by atoms with E-state index in [0.717, 1.165) is 22.6 Å². The second-order valence-electron chi connectivity index (χ2n) is 4.56. The first-order valence-corrected chi connectivity index (χ1v) is 8.53. The Balaban J connectivity index is 2.16. The summed E-state index contributed by atoms with van der Waals surface area (Å²) in [5.41, 5.74) is 1.61. The lowest BCUT2D eigenvalue weighted by Gasteiger charge is -2.05. The van der Waals surface area contributed by atoms with E-state index in [1.807, 2.05) is 36.4 Å². The molecule has 21 heavy (non-hydrogen) atoms. The Kier molecular flexibility index (Phi) is 4.21. The normalized spacial score (nSPS) is 10.8. The van der Waals surface area contributed by atoms with E-state index in [2.05, 4.69) is 45.5 Å². The third-order valence-corrected chi connectivity index (χ3v) is 5.39. The number of aromatic amines is 1. The summed E-state index contributed by atoms with van der Waals surface area (Å²) in [6.45, 7) is 2.12. The second kappa shape index (κ2) is 6.11. The molecule has 2 heterocycles. The molecule has 2 aromatic heterocycles. The highest BCUT2D eigenvalue weighted by molar-refractivity contribution is 14.1. The highest BCUT2D eigenvalue weighted by Crippen LogP contribution is 2.28. The first-order valence-electron chi connectivity index (χ1n) is 6.63. The van der Waals surface area contributed by atoms with Crippen LogP contribution in [0.5, 0.6) is 0 Å². The van der Waals surface area contributed by atoms with Gasteiger partial charge in [0.1, 0.15) is 3.57 Å². The molecule has 0 fully saturated rings. The number of halogens is 1. The molecule has 0 saturated carbocycles. The average molecular weight is 408 g/mol. The number of nitrogens with one attached hydrogen (secondary N) is 1. The molecule has 0 unspecified atom stereocenters. The molecule has 0 bridgehead atoms. The van der Waals surface area contributed by atoms with Gasteiger partial charge >= 0.3 is 0 Å². The number of rotatable bonds is 3. The van der Waals surface area contributed by atoms with Gasteiger partial charge in [0.2, 0.25) is 0 Å². The summed E-state index contributed by atoms with van der Waals surface area (Å²) in [4.78, 5) is 22.0. The molecular weight excluding hydrogens is 395 g/mol. The first-order chi connectivity index (χ1) is 10.2. The van der Waals surface area contributed by atoms with Gasteiger partial charge in [0.05, 0.1) is 10.6 Å². The van der Waals surface area contributed by atoms with Crippen LogP contribution in [0.2, 0.25) is 0 Å². The van der Waals surface area contributed by atoms with Gasteiger partial charge in [-0.15, -0.1) is 11.3 Å². The Morgan fingerprint density at radius 3 is 2.62 bits per heavy atom. The van der Waals surface area contributed by atoms with E-state index < -0.39 is 0 Å². The lowest BCUT2D eigenvalue weighted by atomic mass is 10.1. The van der Waals surface area contributed by atoms with Crippen LogP contribution in [0.1, 0.15) is 11.8 Å². The number of benzene rings is 1. The maximum Gasteiger partial charge on any atom is 0.265 e. The number of hydrogen-bond acceptors (Lipinski definition) is 3. The maximum atomic E-state index is 12.2. The summed E-state index contributed by atoms with van der Waals surface area (Å²) in [6.07, 6.45) is 0.991. The molecular formula is C16H13IN2OS. The zero-order valence-electron chi connectivity index (χ0n) is 11.4. The summed E-state index contributed by atoms with van der Waals surface area (Å²) in [5.74, 6) is 0.643. The number of aromatic nitrogens is 2. The highest BCUT2D eigenvalue weighted by Gasteiger charge is 2.13. The second-order valence-corrected chi connectivity index (χ2v) is 6.81. The van der Waals surface area contributed by atoms with Gasteiger partial charge in [-0.3, -0.25) is 4.79 Å². The Morgan fingerprint density at radius 2 is 1.95 bits per heavy atom. The maximum absolute atomic E-state index is 12.2. The first kappa shape index (κ1) is 14.5. The van der Waals surface area contributed by atoms with Crippen LogP contribution < -0.4 is 5.56 Å². The van der Waals surface area contributed by atoms with E-state index in [4.69, 9.17) is 0 Å². The number of hydrogen-bond donors (Lipinski definition) is 1. The topological polar surface area (TPSA) is 45.8 Å². The summed E-state index contributed by atoms with van der Waals surface area (Å²) in [6, 6.07) is 13.9. The Bertz CT molecular complexity index is 824. The Morgan fingerprint density at radius 1 is 1.19 bits per heavy atom. The van der Waals surface area contributed by atoms with Gasteiger partial charge in [0.15, 0.2) is 5.82 Å². The van der Waals surface area contributed by atoms with Crippen molar-refractivity contribution in [2.24, 2.45) is 0 Å². The molecule has 0 radical (unpaired) electrons. The van der Waals surface area contributed by atoms with Gasteiger partial charge in [0.25, 0.3) is 5.56 Å². The van der Waals surface area contributed by atoms with E-state index in [0.29, 0.717) is 9.39 Å². The summed E-state index contributed by atoms with van der Waals surface area (Å²) >= 11 is 3.72. The van der Waals surface area contributed by atoms with Crippen LogP contribution in [0.4, 0.5) is 0 Å². The SMILES string of the molecule is CCc1ccc(-c2nc(-c3ccccc3)c(I)c(=O)[nH]2)s1. The fraction of sp³-hybridized carbons (Fsp3) is 0.125.